The Balaban J connectivity index is 1.58. The molecule has 7 nitrogen and oxygen atoms in total. The number of fused-ring (bicyclic) bond motifs is 3. The minimum atomic E-state index is -0.471. The molecule has 2 heterocycles. The smallest absolute Gasteiger partial charge is 0.325 e. The van der Waals surface area contributed by atoms with E-state index in [0.717, 1.165) is 22.4 Å². The molecule has 1 atom stereocenters. The van der Waals surface area contributed by atoms with Gasteiger partial charge in [0, 0.05) is 21.4 Å². The van der Waals surface area contributed by atoms with Crippen molar-refractivity contribution in [3.05, 3.63) is 93.2 Å². The SMILES string of the molecule is COc1cc([C@H]2Nc3ccccc3-c3c(=O)[nH]c(SCc4ccc(Cl)cc4)n[n+]32)ccc1O. The number of benzene rings is 3. The molecule has 0 fully saturated rings. The molecule has 0 aliphatic carbocycles. The van der Waals surface area contributed by atoms with E-state index in [1.807, 2.05) is 48.5 Å². The number of halogens is 1. The van der Waals surface area contributed by atoms with Crippen LogP contribution in [0.5, 0.6) is 11.5 Å². The molecule has 0 spiro atoms. The Bertz CT molecular complexity index is 1390. The highest BCUT2D eigenvalue weighted by Gasteiger charge is 2.38. The van der Waals surface area contributed by atoms with Gasteiger partial charge < -0.3 is 15.2 Å². The standard InChI is InChI=1S/C24H19ClN4O3S/c1-32-20-12-15(8-11-19(20)30)22-26-18-5-3-2-4-17(18)21-23(31)27-24(28-29(21)22)33-13-14-6-9-16(25)10-7-14/h2-12,22H,13H2,1H3,(H2,27,28,30,31)/p+1/t22-/m0/s1. The summed E-state index contributed by atoms with van der Waals surface area (Å²) < 4.78 is 6.98. The third kappa shape index (κ3) is 4.15. The van der Waals surface area contributed by atoms with Crippen molar-refractivity contribution in [3.8, 4) is 22.8 Å². The number of phenolic OH excluding ortho intramolecular Hbond substituents is 1. The van der Waals surface area contributed by atoms with E-state index in [0.29, 0.717) is 27.4 Å². The number of anilines is 1. The Morgan fingerprint density at radius 2 is 1.94 bits per heavy atom. The summed E-state index contributed by atoms with van der Waals surface area (Å²) in [6.45, 7) is 0. The zero-order valence-corrected chi connectivity index (χ0v) is 19.2. The van der Waals surface area contributed by atoms with Crippen molar-refractivity contribution in [3.63, 3.8) is 0 Å². The van der Waals surface area contributed by atoms with Crippen molar-refractivity contribution in [2.24, 2.45) is 0 Å². The van der Waals surface area contributed by atoms with Crippen LogP contribution in [0.15, 0.2) is 76.7 Å². The van der Waals surface area contributed by atoms with Crippen molar-refractivity contribution in [1.82, 2.24) is 10.1 Å². The summed E-state index contributed by atoms with van der Waals surface area (Å²) in [5, 5.41) is 19.4. The summed E-state index contributed by atoms with van der Waals surface area (Å²) in [6.07, 6.45) is -0.471. The number of ether oxygens (including phenoxy) is 1. The minimum Gasteiger partial charge on any atom is -0.504 e. The van der Waals surface area contributed by atoms with Gasteiger partial charge in [0.15, 0.2) is 11.5 Å². The average Bonchev–Trinajstić information content (AvgIpc) is 2.83. The zero-order chi connectivity index (χ0) is 22.9. The molecule has 0 bridgehead atoms. The number of methoxy groups -OCH3 is 1. The van der Waals surface area contributed by atoms with Crippen molar-refractivity contribution in [1.29, 1.82) is 0 Å². The van der Waals surface area contributed by atoms with Crippen LogP contribution in [0.3, 0.4) is 0 Å². The first-order valence-corrected chi connectivity index (χ1v) is 11.6. The van der Waals surface area contributed by atoms with Crippen LogP contribution < -0.4 is 20.3 Å². The van der Waals surface area contributed by atoms with Gasteiger partial charge in [-0.05, 0) is 52.7 Å². The Hall–Kier alpha value is -3.49. The van der Waals surface area contributed by atoms with E-state index in [9.17, 15) is 9.90 Å². The van der Waals surface area contributed by atoms with Gasteiger partial charge in [-0.15, -0.1) is 0 Å². The van der Waals surface area contributed by atoms with Gasteiger partial charge in [-0.1, -0.05) is 47.6 Å². The molecule has 1 aliphatic heterocycles. The van der Waals surface area contributed by atoms with E-state index >= 15 is 0 Å². The van der Waals surface area contributed by atoms with E-state index in [2.05, 4.69) is 10.3 Å². The van der Waals surface area contributed by atoms with Crippen LogP contribution in [0.1, 0.15) is 17.3 Å². The van der Waals surface area contributed by atoms with Crippen molar-refractivity contribution in [2.45, 2.75) is 17.1 Å². The fraction of sp³-hybridized carbons (Fsp3) is 0.125. The molecule has 3 aromatic carbocycles. The maximum atomic E-state index is 13.2. The lowest BCUT2D eigenvalue weighted by Crippen LogP contribution is -2.55. The summed E-state index contributed by atoms with van der Waals surface area (Å²) in [5.41, 5.74) is 3.67. The Morgan fingerprint density at radius 1 is 1.15 bits per heavy atom. The fourth-order valence-corrected chi connectivity index (χ4v) is 4.71. The summed E-state index contributed by atoms with van der Waals surface area (Å²) in [4.78, 5) is 16.1. The number of H-pyrrole nitrogens is 1. The summed E-state index contributed by atoms with van der Waals surface area (Å²) >= 11 is 7.41. The van der Waals surface area contributed by atoms with E-state index in [1.165, 1.54) is 18.9 Å². The van der Waals surface area contributed by atoms with Gasteiger partial charge in [-0.2, -0.15) is 0 Å². The fourth-order valence-electron chi connectivity index (χ4n) is 3.78. The number of aromatic nitrogens is 3. The normalized spacial score (nSPS) is 14.2. The summed E-state index contributed by atoms with van der Waals surface area (Å²) in [5.74, 6) is 1.01. The number of aromatic hydroxyl groups is 1. The van der Waals surface area contributed by atoms with Crippen LogP contribution >= 0.6 is 23.4 Å². The van der Waals surface area contributed by atoms with Crippen LogP contribution in [0.4, 0.5) is 5.69 Å². The van der Waals surface area contributed by atoms with E-state index < -0.39 is 6.17 Å². The molecule has 4 aromatic rings. The predicted octanol–water partition coefficient (Wildman–Crippen LogP) is 4.36. The molecule has 3 N–H and O–H groups in total. The number of hydrogen-bond donors (Lipinski definition) is 3. The van der Waals surface area contributed by atoms with Gasteiger partial charge in [-0.25, -0.2) is 0 Å². The number of nitrogens with zero attached hydrogens (tertiary/aromatic N) is 2. The number of para-hydroxylation sites is 1. The number of aromatic amines is 1. The van der Waals surface area contributed by atoms with Gasteiger partial charge in [0.25, 0.3) is 6.17 Å². The van der Waals surface area contributed by atoms with Gasteiger partial charge >= 0.3 is 11.3 Å². The van der Waals surface area contributed by atoms with E-state index in [4.69, 9.17) is 21.4 Å². The highest BCUT2D eigenvalue weighted by molar-refractivity contribution is 7.98. The first kappa shape index (κ1) is 21.4. The Morgan fingerprint density at radius 3 is 2.73 bits per heavy atom. The van der Waals surface area contributed by atoms with Gasteiger partial charge in [0.2, 0.25) is 5.16 Å². The molecule has 9 heteroatoms. The lowest BCUT2D eigenvalue weighted by Gasteiger charge is -2.22. The van der Waals surface area contributed by atoms with Gasteiger partial charge in [-0.3, -0.25) is 9.78 Å². The predicted molar refractivity (Wildman–Crippen MR) is 128 cm³/mol. The van der Waals surface area contributed by atoms with Gasteiger partial charge in [0.05, 0.1) is 18.4 Å². The number of rotatable bonds is 5. The largest absolute Gasteiger partial charge is 0.504 e. The Kier molecular flexibility index (Phi) is 5.70. The second-order valence-electron chi connectivity index (χ2n) is 7.49. The maximum Gasteiger partial charge on any atom is 0.325 e. The molecule has 0 saturated heterocycles. The molecule has 166 valence electrons. The second-order valence-corrected chi connectivity index (χ2v) is 8.89. The van der Waals surface area contributed by atoms with Crippen molar-refractivity contribution < 1.29 is 14.5 Å². The number of nitrogens with one attached hydrogen (secondary N) is 2. The Labute approximate surface area is 199 Å². The van der Waals surface area contributed by atoms with Crippen LogP contribution in [0.2, 0.25) is 5.02 Å². The van der Waals surface area contributed by atoms with Crippen molar-refractivity contribution in [2.75, 3.05) is 12.4 Å². The maximum absolute atomic E-state index is 13.2. The van der Waals surface area contributed by atoms with Gasteiger partial charge in [0.1, 0.15) is 0 Å². The molecule has 1 aromatic heterocycles. The van der Waals surface area contributed by atoms with Crippen LogP contribution in [-0.2, 0) is 5.75 Å². The van der Waals surface area contributed by atoms with Crippen LogP contribution in [0.25, 0.3) is 11.3 Å². The van der Waals surface area contributed by atoms with E-state index in [-0.39, 0.29) is 11.3 Å². The molecular formula is C24H20ClN4O3S+. The topological polar surface area (TPSA) is 91.1 Å². The quantitative estimate of drug-likeness (QED) is 0.291. The molecular weight excluding hydrogens is 460 g/mol. The highest BCUT2D eigenvalue weighted by Crippen LogP contribution is 2.34. The van der Waals surface area contributed by atoms with Crippen LogP contribution in [0, 0.1) is 0 Å². The summed E-state index contributed by atoms with van der Waals surface area (Å²) in [6, 6.07) is 20.3. The zero-order valence-electron chi connectivity index (χ0n) is 17.6. The molecule has 1 aliphatic rings. The summed E-state index contributed by atoms with van der Waals surface area (Å²) in [7, 11) is 1.50. The highest BCUT2D eigenvalue weighted by atomic mass is 35.5. The monoisotopic (exact) mass is 479 g/mol. The first-order chi connectivity index (χ1) is 16.0. The lowest BCUT2D eigenvalue weighted by atomic mass is 10.0. The van der Waals surface area contributed by atoms with Crippen LogP contribution in [-0.4, -0.2) is 22.3 Å². The first-order valence-electron chi connectivity index (χ1n) is 10.2. The number of hydrogen-bond acceptors (Lipinski definition) is 6. The molecule has 0 amide bonds. The average molecular weight is 480 g/mol. The third-order valence-electron chi connectivity index (χ3n) is 5.39. The number of phenols is 1. The third-order valence-corrected chi connectivity index (χ3v) is 6.58. The molecule has 0 radical (unpaired) electrons. The molecule has 5 rings (SSSR count). The second kappa shape index (κ2) is 8.80. The molecule has 33 heavy (non-hydrogen) atoms. The van der Waals surface area contributed by atoms with Crippen molar-refractivity contribution >= 4 is 29.1 Å². The van der Waals surface area contributed by atoms with E-state index in [1.54, 1.807) is 22.9 Å². The minimum absolute atomic E-state index is 0.0424. The molecule has 0 unspecified atom stereocenters. The lowest BCUT2D eigenvalue weighted by molar-refractivity contribution is -0.759. The molecule has 0 saturated carbocycles. The number of thioether (sulfide) groups is 1.